The molecule has 1 aliphatic rings. The van der Waals surface area contributed by atoms with E-state index in [0.717, 1.165) is 24.8 Å². The fourth-order valence-electron chi connectivity index (χ4n) is 2.69. The molecule has 1 saturated heterocycles. The molecule has 0 spiro atoms. The number of nitrogens with two attached hydrogens (primary N) is 1. The highest BCUT2D eigenvalue weighted by molar-refractivity contribution is 5.94. The molecular weight excluding hydrogens is 243 g/mol. The number of nitrogens with zero attached hydrogens (tertiary/aromatic N) is 1. The lowest BCUT2D eigenvalue weighted by Crippen LogP contribution is -2.40. The lowest BCUT2D eigenvalue weighted by Gasteiger charge is -2.32. The van der Waals surface area contributed by atoms with Crippen molar-refractivity contribution >= 4 is 5.91 Å². The minimum atomic E-state index is -0.434. The first-order valence-corrected chi connectivity index (χ1v) is 6.87. The quantitative estimate of drug-likeness (QED) is 0.910. The third kappa shape index (κ3) is 3.32. The topological polar surface area (TPSA) is 46.3 Å². The van der Waals surface area contributed by atoms with Crippen LogP contribution in [0.15, 0.2) is 18.2 Å². The van der Waals surface area contributed by atoms with Crippen LogP contribution < -0.4 is 5.73 Å². The fraction of sp³-hybridized carbons (Fsp3) is 0.533. The van der Waals surface area contributed by atoms with E-state index >= 15 is 0 Å². The van der Waals surface area contributed by atoms with Crippen molar-refractivity contribution in [3.05, 3.63) is 35.1 Å². The van der Waals surface area contributed by atoms with Crippen LogP contribution in [0.5, 0.6) is 0 Å². The van der Waals surface area contributed by atoms with Gasteiger partial charge in [-0.25, -0.2) is 4.39 Å². The monoisotopic (exact) mass is 264 g/mol. The smallest absolute Gasteiger partial charge is 0.256 e. The van der Waals surface area contributed by atoms with Crippen LogP contribution in [0.25, 0.3) is 0 Å². The lowest BCUT2D eigenvalue weighted by atomic mass is 9.94. The summed E-state index contributed by atoms with van der Waals surface area (Å²) in [6.07, 6.45) is 3.02. The van der Waals surface area contributed by atoms with Crippen LogP contribution in [-0.2, 0) is 0 Å². The Hall–Kier alpha value is -1.42. The number of piperidine rings is 1. The molecular formula is C15H21FN2O. The molecule has 3 nitrogen and oxygen atoms in total. The Morgan fingerprint density at radius 2 is 2.32 bits per heavy atom. The van der Waals surface area contributed by atoms with Gasteiger partial charge in [0, 0.05) is 13.1 Å². The van der Waals surface area contributed by atoms with Crippen molar-refractivity contribution in [1.82, 2.24) is 4.90 Å². The number of likely N-dealkylation sites (tertiary alicyclic amines) is 1. The molecule has 1 amide bonds. The number of halogens is 1. The summed E-state index contributed by atoms with van der Waals surface area (Å²) in [5.41, 5.74) is 6.66. The zero-order chi connectivity index (χ0) is 13.8. The van der Waals surface area contributed by atoms with Crippen molar-refractivity contribution in [3.8, 4) is 0 Å². The van der Waals surface area contributed by atoms with Gasteiger partial charge in [0.1, 0.15) is 5.82 Å². The van der Waals surface area contributed by atoms with E-state index in [1.54, 1.807) is 17.0 Å². The molecule has 4 heteroatoms. The molecule has 0 radical (unpaired) electrons. The second-order valence-corrected chi connectivity index (χ2v) is 5.32. The van der Waals surface area contributed by atoms with Crippen LogP contribution in [0.4, 0.5) is 4.39 Å². The number of carbonyl (C=O) groups excluding carboxylic acids is 1. The van der Waals surface area contributed by atoms with E-state index < -0.39 is 5.82 Å². The number of hydrogen-bond acceptors (Lipinski definition) is 2. The Labute approximate surface area is 113 Å². The van der Waals surface area contributed by atoms with E-state index in [2.05, 4.69) is 0 Å². The van der Waals surface area contributed by atoms with E-state index in [-0.39, 0.29) is 11.5 Å². The highest BCUT2D eigenvalue weighted by atomic mass is 19.1. The van der Waals surface area contributed by atoms with Crippen LogP contribution in [0.3, 0.4) is 0 Å². The summed E-state index contributed by atoms with van der Waals surface area (Å²) < 4.78 is 13.8. The summed E-state index contributed by atoms with van der Waals surface area (Å²) in [5, 5.41) is 0. The van der Waals surface area contributed by atoms with Crippen molar-refractivity contribution < 1.29 is 9.18 Å². The van der Waals surface area contributed by atoms with Crippen molar-refractivity contribution in [2.75, 3.05) is 19.6 Å². The van der Waals surface area contributed by atoms with E-state index in [1.807, 2.05) is 6.92 Å². The van der Waals surface area contributed by atoms with E-state index in [0.29, 0.717) is 25.6 Å². The SMILES string of the molecule is Cc1ccc(F)c(C(=O)N2CCCC(CCN)C2)c1. The summed E-state index contributed by atoms with van der Waals surface area (Å²) in [4.78, 5) is 14.1. The maximum atomic E-state index is 13.8. The number of carbonyl (C=O) groups is 1. The summed E-state index contributed by atoms with van der Waals surface area (Å²) in [6, 6.07) is 4.67. The van der Waals surface area contributed by atoms with Gasteiger partial charge in [-0.3, -0.25) is 4.79 Å². The van der Waals surface area contributed by atoms with E-state index in [4.69, 9.17) is 5.73 Å². The number of aryl methyl sites for hydroxylation is 1. The first-order chi connectivity index (χ1) is 9.11. The van der Waals surface area contributed by atoms with Gasteiger partial charge in [-0.2, -0.15) is 0 Å². The molecule has 104 valence electrons. The maximum Gasteiger partial charge on any atom is 0.256 e. The molecule has 0 aromatic heterocycles. The second kappa shape index (κ2) is 6.15. The molecule has 1 aliphatic heterocycles. The molecule has 0 aliphatic carbocycles. The standard InChI is InChI=1S/C15H21FN2O/c1-11-4-5-14(16)13(9-11)15(19)18-8-2-3-12(10-18)6-7-17/h4-5,9,12H,2-3,6-8,10,17H2,1H3. The maximum absolute atomic E-state index is 13.8. The second-order valence-electron chi connectivity index (χ2n) is 5.32. The molecule has 1 aromatic carbocycles. The lowest BCUT2D eigenvalue weighted by molar-refractivity contribution is 0.0664. The molecule has 2 N–H and O–H groups in total. The van der Waals surface area contributed by atoms with Crippen molar-refractivity contribution in [1.29, 1.82) is 0 Å². The predicted molar refractivity (Wildman–Crippen MR) is 73.4 cm³/mol. The average Bonchev–Trinajstić information content (AvgIpc) is 2.41. The third-order valence-corrected chi connectivity index (χ3v) is 3.73. The minimum absolute atomic E-state index is 0.188. The van der Waals surface area contributed by atoms with Crippen LogP contribution in [0.1, 0.15) is 35.2 Å². The van der Waals surface area contributed by atoms with Crippen LogP contribution in [0, 0.1) is 18.7 Å². The van der Waals surface area contributed by atoms with Gasteiger partial charge in [-0.15, -0.1) is 0 Å². The number of amides is 1. The largest absolute Gasteiger partial charge is 0.338 e. The predicted octanol–water partition coefficient (Wildman–Crippen LogP) is 2.34. The Morgan fingerprint density at radius 3 is 3.05 bits per heavy atom. The summed E-state index contributed by atoms with van der Waals surface area (Å²) >= 11 is 0. The molecule has 1 unspecified atom stereocenters. The van der Waals surface area contributed by atoms with Gasteiger partial charge in [0.05, 0.1) is 5.56 Å². The van der Waals surface area contributed by atoms with Crippen LogP contribution >= 0.6 is 0 Å². The average molecular weight is 264 g/mol. The zero-order valence-corrected chi connectivity index (χ0v) is 11.4. The van der Waals surface area contributed by atoms with Gasteiger partial charge in [0.2, 0.25) is 0 Å². The van der Waals surface area contributed by atoms with Crippen molar-refractivity contribution in [2.24, 2.45) is 11.7 Å². The summed E-state index contributed by atoms with van der Waals surface area (Å²) in [6.45, 7) is 3.92. The highest BCUT2D eigenvalue weighted by Gasteiger charge is 2.25. The van der Waals surface area contributed by atoms with Gasteiger partial charge in [-0.05, 0) is 50.8 Å². The first-order valence-electron chi connectivity index (χ1n) is 6.87. The molecule has 1 atom stereocenters. The van der Waals surface area contributed by atoms with Crippen molar-refractivity contribution in [3.63, 3.8) is 0 Å². The summed E-state index contributed by atoms with van der Waals surface area (Å²) in [5.74, 6) is -0.171. The van der Waals surface area contributed by atoms with Crippen LogP contribution in [-0.4, -0.2) is 30.4 Å². The first kappa shape index (κ1) is 14.0. The highest BCUT2D eigenvalue weighted by Crippen LogP contribution is 2.22. The molecule has 19 heavy (non-hydrogen) atoms. The molecule has 2 rings (SSSR count). The summed E-state index contributed by atoms with van der Waals surface area (Å²) in [7, 11) is 0. The van der Waals surface area contributed by atoms with Crippen molar-refractivity contribution in [2.45, 2.75) is 26.2 Å². The normalized spacial score (nSPS) is 19.5. The third-order valence-electron chi connectivity index (χ3n) is 3.73. The zero-order valence-electron chi connectivity index (χ0n) is 11.4. The fourth-order valence-corrected chi connectivity index (χ4v) is 2.69. The van der Waals surface area contributed by atoms with Crippen LogP contribution in [0.2, 0.25) is 0 Å². The van der Waals surface area contributed by atoms with Gasteiger partial charge in [0.25, 0.3) is 5.91 Å². The number of rotatable bonds is 3. The van der Waals surface area contributed by atoms with Gasteiger partial charge in [-0.1, -0.05) is 11.6 Å². The van der Waals surface area contributed by atoms with E-state index in [1.165, 1.54) is 6.07 Å². The van der Waals surface area contributed by atoms with E-state index in [9.17, 15) is 9.18 Å². The Balaban J connectivity index is 2.12. The molecule has 1 aromatic rings. The molecule has 1 fully saturated rings. The van der Waals surface area contributed by atoms with Gasteiger partial charge < -0.3 is 10.6 Å². The minimum Gasteiger partial charge on any atom is -0.338 e. The Kier molecular flexibility index (Phi) is 4.53. The molecule has 1 heterocycles. The van der Waals surface area contributed by atoms with Gasteiger partial charge >= 0.3 is 0 Å². The Morgan fingerprint density at radius 1 is 1.53 bits per heavy atom. The molecule has 0 saturated carbocycles. The van der Waals surface area contributed by atoms with Gasteiger partial charge in [0.15, 0.2) is 0 Å². The number of hydrogen-bond donors (Lipinski definition) is 1. The Bertz CT molecular complexity index is 459. The number of benzene rings is 1. The molecule has 0 bridgehead atoms.